The van der Waals surface area contributed by atoms with Crippen molar-refractivity contribution in [3.8, 4) is 0 Å². The van der Waals surface area contributed by atoms with E-state index in [0.717, 1.165) is 0 Å². The zero-order valence-corrected chi connectivity index (χ0v) is 5.24. The molecule has 9 heavy (non-hydrogen) atoms. The molecule has 0 amide bonds. The van der Waals surface area contributed by atoms with Gasteiger partial charge in [-0.3, -0.25) is 0 Å². The summed E-state index contributed by atoms with van der Waals surface area (Å²) in [4.78, 5) is 24.4. The molecule has 0 bridgehead atoms. The van der Waals surface area contributed by atoms with Crippen molar-refractivity contribution in [2.45, 2.75) is 0 Å². The van der Waals surface area contributed by atoms with Gasteiger partial charge in [0.15, 0.2) is 0 Å². The molecule has 0 spiro atoms. The normalized spacial score (nSPS) is 10.1. The van der Waals surface area contributed by atoms with Gasteiger partial charge < -0.3 is 18.8 Å². The Hall–Kier alpha value is 1.43. The molecule has 0 aromatic rings. The maximum absolute atomic E-state index is 8.13. The van der Waals surface area contributed by atoms with Crippen LogP contribution >= 0.6 is 0 Å². The average molecular weight is 176 g/mol. The second-order valence-corrected chi connectivity index (χ2v) is 2.61. The zero-order valence-electron chi connectivity index (χ0n) is 4.24. The molecule has 0 rings (SSSR count). The van der Waals surface area contributed by atoms with Gasteiger partial charge in [0.25, 0.3) is 0 Å². The first-order valence-corrected chi connectivity index (χ1v) is 3.73. The number of rotatable bonds is 3. The van der Waals surface area contributed by atoms with Crippen molar-refractivity contribution in [1.29, 1.82) is 0 Å². The number of hydrogen-bond donors (Lipinski definition) is 3. The van der Waals surface area contributed by atoms with E-state index in [1.165, 1.54) is 6.08 Å². The Morgan fingerprint density at radius 1 is 1.44 bits per heavy atom. The van der Waals surface area contributed by atoms with E-state index in [4.69, 9.17) is 14.4 Å². The van der Waals surface area contributed by atoms with Gasteiger partial charge >= 0.3 is 60.4 Å². The average Bonchev–Trinajstić information content (AvgIpc) is 1.59. The van der Waals surface area contributed by atoms with Gasteiger partial charge in [0.05, 0.1) is 6.61 Å². The van der Waals surface area contributed by atoms with E-state index in [9.17, 15) is 0 Å². The molecule has 0 aliphatic rings. The van der Waals surface area contributed by atoms with Crippen LogP contribution in [0.5, 0.6) is 0 Å². The van der Waals surface area contributed by atoms with E-state index >= 15 is 0 Å². The number of hydrogen-bond acceptors (Lipinski definition) is 4. The monoisotopic (exact) mass is 176 g/mol. The third-order valence-corrected chi connectivity index (χ3v) is 0.949. The van der Waals surface area contributed by atoms with Gasteiger partial charge in [0.1, 0.15) is 0 Å². The van der Waals surface area contributed by atoms with Crippen molar-refractivity contribution in [3.05, 3.63) is 12.7 Å². The van der Waals surface area contributed by atoms with Crippen LogP contribution in [0.15, 0.2) is 12.7 Å². The Morgan fingerprint density at radius 3 is 2.00 bits per heavy atom. The summed E-state index contributed by atoms with van der Waals surface area (Å²) in [7, 11) is -4.25. The second kappa shape index (κ2) is 6.16. The molecular weight excluding hydrogens is 167 g/mol. The fraction of sp³-hybridized carbons (Fsp3) is 0.333. The molecule has 6 heteroatoms. The van der Waals surface area contributed by atoms with Gasteiger partial charge in [-0.15, -0.1) is 6.58 Å². The summed E-state index contributed by atoms with van der Waals surface area (Å²) >= 11 is 0. The van der Waals surface area contributed by atoms with Crippen LogP contribution in [0.3, 0.4) is 0 Å². The molecular formula is C3H9KO4Si. The van der Waals surface area contributed by atoms with Crippen LogP contribution < -0.4 is 0 Å². The first-order valence-electron chi connectivity index (χ1n) is 1.98. The van der Waals surface area contributed by atoms with Crippen LogP contribution in [0.25, 0.3) is 0 Å². The van der Waals surface area contributed by atoms with Gasteiger partial charge in [-0.25, -0.2) is 0 Å². The Kier molecular flexibility index (Phi) is 8.94. The van der Waals surface area contributed by atoms with Crippen LogP contribution in [-0.4, -0.2) is 81.4 Å². The van der Waals surface area contributed by atoms with Crippen LogP contribution in [-0.2, 0) is 4.43 Å². The fourth-order valence-electron chi connectivity index (χ4n) is 0.171. The molecule has 0 aromatic heterocycles. The molecule has 0 radical (unpaired) electrons. The molecule has 0 heterocycles. The molecule has 3 N–H and O–H groups in total. The summed E-state index contributed by atoms with van der Waals surface area (Å²) in [6, 6.07) is 0. The van der Waals surface area contributed by atoms with E-state index in [1.54, 1.807) is 0 Å². The quantitative estimate of drug-likeness (QED) is 0.342. The van der Waals surface area contributed by atoms with Crippen LogP contribution in [0.4, 0.5) is 0 Å². The predicted octanol–water partition coefficient (Wildman–Crippen LogP) is -2.05. The first kappa shape index (κ1) is 13.1. The minimum atomic E-state index is -4.25. The van der Waals surface area contributed by atoms with Crippen LogP contribution in [0.1, 0.15) is 0 Å². The van der Waals surface area contributed by atoms with Crippen molar-refractivity contribution >= 4 is 60.4 Å². The molecule has 0 aliphatic heterocycles. The van der Waals surface area contributed by atoms with Crippen molar-refractivity contribution < 1.29 is 18.8 Å². The fourth-order valence-corrected chi connectivity index (χ4v) is 0.512. The Morgan fingerprint density at radius 2 is 1.89 bits per heavy atom. The zero-order chi connectivity index (χ0) is 6.62. The standard InChI is InChI=1S/C3H8O4Si.K.H/c1-2-3-7-8(4,5)6;;/h2,4-6H,1,3H2;;. The van der Waals surface area contributed by atoms with Crippen LogP contribution in [0, 0.1) is 0 Å². The van der Waals surface area contributed by atoms with Crippen LogP contribution in [0.2, 0.25) is 0 Å². The summed E-state index contributed by atoms with van der Waals surface area (Å²) in [5.74, 6) is 0. The SMILES string of the molecule is C=CCO[Si](O)(O)O.[KH]. The topological polar surface area (TPSA) is 69.9 Å². The van der Waals surface area contributed by atoms with Gasteiger partial charge in [0, 0.05) is 0 Å². The molecule has 0 saturated carbocycles. The van der Waals surface area contributed by atoms with E-state index in [1.807, 2.05) is 0 Å². The third-order valence-electron chi connectivity index (χ3n) is 0.395. The van der Waals surface area contributed by atoms with E-state index < -0.39 is 9.05 Å². The van der Waals surface area contributed by atoms with Crippen molar-refractivity contribution in [2.75, 3.05) is 6.61 Å². The van der Waals surface area contributed by atoms with Gasteiger partial charge in [-0.2, -0.15) is 0 Å². The molecule has 0 aromatic carbocycles. The van der Waals surface area contributed by atoms with E-state index in [2.05, 4.69) is 11.0 Å². The summed E-state index contributed by atoms with van der Waals surface area (Å²) in [5.41, 5.74) is 0. The second-order valence-electron chi connectivity index (χ2n) is 1.17. The first-order chi connectivity index (χ1) is 3.56. The Labute approximate surface area is 97.1 Å². The maximum atomic E-state index is 8.13. The minimum absolute atomic E-state index is 0. The molecule has 0 aliphatic carbocycles. The Bertz CT molecular complexity index is 80.4. The third kappa shape index (κ3) is 12.6. The molecule has 0 unspecified atom stereocenters. The molecule has 0 saturated heterocycles. The van der Waals surface area contributed by atoms with E-state index in [-0.39, 0.29) is 58.0 Å². The molecule has 50 valence electrons. The molecule has 4 nitrogen and oxygen atoms in total. The van der Waals surface area contributed by atoms with Crippen molar-refractivity contribution in [2.24, 2.45) is 0 Å². The summed E-state index contributed by atoms with van der Waals surface area (Å²) in [5, 5.41) is 0. The van der Waals surface area contributed by atoms with E-state index in [0.29, 0.717) is 0 Å². The van der Waals surface area contributed by atoms with Crippen molar-refractivity contribution in [3.63, 3.8) is 0 Å². The van der Waals surface area contributed by atoms with Gasteiger partial charge in [-0.1, -0.05) is 6.08 Å². The summed E-state index contributed by atoms with van der Waals surface area (Å²) in [6.07, 6.45) is 1.31. The summed E-state index contributed by atoms with van der Waals surface area (Å²) in [6.45, 7) is 3.18. The molecule has 0 atom stereocenters. The van der Waals surface area contributed by atoms with Crippen molar-refractivity contribution in [1.82, 2.24) is 0 Å². The van der Waals surface area contributed by atoms with Gasteiger partial charge in [0.2, 0.25) is 0 Å². The molecule has 0 fully saturated rings. The predicted molar refractivity (Wildman–Crippen MR) is 35.7 cm³/mol. The Balaban J connectivity index is 0. The summed E-state index contributed by atoms with van der Waals surface area (Å²) < 4.78 is 4.07. The van der Waals surface area contributed by atoms with Gasteiger partial charge in [-0.05, 0) is 0 Å².